The molecule has 0 bridgehead atoms. The van der Waals surface area contributed by atoms with Crippen LogP contribution in [0, 0.1) is 17.2 Å². The van der Waals surface area contributed by atoms with Gasteiger partial charge in [0.05, 0.1) is 6.07 Å². The van der Waals surface area contributed by atoms with Gasteiger partial charge in [-0.3, -0.25) is 4.90 Å². The van der Waals surface area contributed by atoms with Crippen molar-refractivity contribution in [1.82, 2.24) is 9.80 Å². The average Bonchev–Trinajstić information content (AvgIpc) is 2.96. The van der Waals surface area contributed by atoms with E-state index in [0.29, 0.717) is 13.2 Å². The van der Waals surface area contributed by atoms with Crippen LogP contribution in [0.3, 0.4) is 0 Å². The Bertz CT molecular complexity index is 600. The van der Waals surface area contributed by atoms with Crippen molar-refractivity contribution in [3.05, 3.63) is 29.8 Å². The second-order valence-electron chi connectivity index (χ2n) is 8.01. The number of rotatable bonds is 7. The van der Waals surface area contributed by atoms with Gasteiger partial charge in [0.25, 0.3) is 0 Å². The first kappa shape index (κ1) is 20.1. The molecule has 0 amide bonds. The molecular weight excluding hydrogens is 338 g/mol. The van der Waals surface area contributed by atoms with Crippen LogP contribution in [0.15, 0.2) is 24.3 Å². The predicted octanol–water partition coefficient (Wildman–Crippen LogP) is 3.04. The summed E-state index contributed by atoms with van der Waals surface area (Å²) < 4.78 is 5.87. The van der Waals surface area contributed by atoms with E-state index in [-0.39, 0.29) is 5.92 Å². The minimum absolute atomic E-state index is 0.224. The average molecular weight is 372 g/mol. The number of ether oxygens (including phenoxy) is 1. The van der Waals surface area contributed by atoms with Crippen LogP contribution in [0.2, 0.25) is 0 Å². The molecule has 1 N–H and O–H groups in total. The molecule has 0 aliphatic carbocycles. The summed E-state index contributed by atoms with van der Waals surface area (Å²) >= 11 is 0. The molecule has 0 saturated carbocycles. The highest BCUT2D eigenvalue weighted by atomic mass is 16.5. The van der Waals surface area contributed by atoms with E-state index in [4.69, 9.17) is 10.00 Å². The van der Waals surface area contributed by atoms with Crippen molar-refractivity contribution in [2.45, 2.75) is 51.2 Å². The summed E-state index contributed by atoms with van der Waals surface area (Å²) in [5.41, 5.74) is 1.23. The number of aliphatic hydroxyl groups is 1. The van der Waals surface area contributed by atoms with Crippen molar-refractivity contribution in [2.24, 2.45) is 5.92 Å². The molecule has 27 heavy (non-hydrogen) atoms. The number of aliphatic hydroxyl groups excluding tert-OH is 1. The van der Waals surface area contributed by atoms with Gasteiger partial charge in [0, 0.05) is 19.0 Å². The van der Waals surface area contributed by atoms with Crippen molar-refractivity contribution >= 4 is 0 Å². The molecule has 2 fully saturated rings. The van der Waals surface area contributed by atoms with Crippen LogP contribution in [-0.2, 0) is 6.54 Å². The first-order chi connectivity index (χ1) is 13.2. The van der Waals surface area contributed by atoms with Gasteiger partial charge in [0.15, 0.2) is 0 Å². The van der Waals surface area contributed by atoms with E-state index in [1.807, 2.05) is 12.1 Å². The molecule has 1 unspecified atom stereocenters. The summed E-state index contributed by atoms with van der Waals surface area (Å²) in [6, 6.07) is 10.6. The molecule has 2 heterocycles. The van der Waals surface area contributed by atoms with Gasteiger partial charge in [-0.25, -0.2) is 0 Å². The minimum atomic E-state index is -0.447. The molecule has 2 aliphatic rings. The molecule has 2 aliphatic heterocycles. The second-order valence-corrected chi connectivity index (χ2v) is 8.01. The Labute approximate surface area is 163 Å². The lowest BCUT2D eigenvalue weighted by Gasteiger charge is -2.29. The summed E-state index contributed by atoms with van der Waals surface area (Å²) in [6.07, 6.45) is 6.58. The highest BCUT2D eigenvalue weighted by Crippen LogP contribution is 2.20. The van der Waals surface area contributed by atoms with Gasteiger partial charge >= 0.3 is 0 Å². The number of β-amino-alcohol motifs (C(OH)–C–C–N with tert-alkyl or cyclic N) is 1. The van der Waals surface area contributed by atoms with Crippen molar-refractivity contribution in [3.8, 4) is 11.8 Å². The maximum Gasteiger partial charge on any atom is 0.119 e. The Morgan fingerprint density at radius 1 is 1.07 bits per heavy atom. The number of piperidine rings is 1. The summed E-state index contributed by atoms with van der Waals surface area (Å²) in [5.74, 6) is 1.05. The fraction of sp³-hybridized carbons (Fsp3) is 0.682. The summed E-state index contributed by atoms with van der Waals surface area (Å²) in [7, 11) is 0. The zero-order valence-electron chi connectivity index (χ0n) is 16.4. The lowest BCUT2D eigenvalue weighted by atomic mass is 9.98. The predicted molar refractivity (Wildman–Crippen MR) is 106 cm³/mol. The van der Waals surface area contributed by atoms with Gasteiger partial charge in [0.1, 0.15) is 18.5 Å². The van der Waals surface area contributed by atoms with E-state index < -0.39 is 6.10 Å². The number of hydrogen-bond acceptors (Lipinski definition) is 5. The number of likely N-dealkylation sites (tertiary alicyclic amines) is 2. The Morgan fingerprint density at radius 2 is 1.81 bits per heavy atom. The number of benzene rings is 1. The van der Waals surface area contributed by atoms with Gasteiger partial charge in [-0.1, -0.05) is 25.0 Å². The van der Waals surface area contributed by atoms with Crippen molar-refractivity contribution in [1.29, 1.82) is 5.26 Å². The van der Waals surface area contributed by atoms with Crippen molar-refractivity contribution in [2.75, 3.05) is 39.3 Å². The Hall–Kier alpha value is -1.61. The molecule has 148 valence electrons. The SMILES string of the molecule is N#CC1CCN(Cc2cccc(OCC(O)CN3CCCCCC3)c2)CC1. The van der Waals surface area contributed by atoms with Crippen LogP contribution >= 0.6 is 0 Å². The van der Waals surface area contributed by atoms with Gasteiger partial charge in [0.2, 0.25) is 0 Å². The number of nitriles is 1. The van der Waals surface area contributed by atoms with E-state index in [2.05, 4.69) is 28.0 Å². The zero-order valence-corrected chi connectivity index (χ0v) is 16.4. The van der Waals surface area contributed by atoms with E-state index in [9.17, 15) is 5.11 Å². The maximum atomic E-state index is 10.3. The summed E-state index contributed by atoms with van der Waals surface area (Å²) in [4.78, 5) is 4.77. The molecule has 2 saturated heterocycles. The van der Waals surface area contributed by atoms with E-state index >= 15 is 0 Å². The Morgan fingerprint density at radius 3 is 2.52 bits per heavy atom. The van der Waals surface area contributed by atoms with Crippen LogP contribution in [0.5, 0.6) is 5.75 Å². The van der Waals surface area contributed by atoms with Crippen LogP contribution in [0.25, 0.3) is 0 Å². The highest BCUT2D eigenvalue weighted by Gasteiger charge is 2.19. The normalized spacial score (nSPS) is 21.3. The number of nitrogens with zero attached hydrogens (tertiary/aromatic N) is 3. The van der Waals surface area contributed by atoms with E-state index in [1.54, 1.807) is 0 Å². The Kier molecular flexibility index (Phi) is 7.94. The highest BCUT2D eigenvalue weighted by molar-refractivity contribution is 5.28. The fourth-order valence-electron chi connectivity index (χ4n) is 4.07. The molecule has 3 rings (SSSR count). The second kappa shape index (κ2) is 10.7. The third-order valence-electron chi connectivity index (χ3n) is 5.68. The Balaban J connectivity index is 1.42. The third-order valence-corrected chi connectivity index (χ3v) is 5.68. The molecule has 1 aromatic rings. The molecule has 0 aromatic heterocycles. The third kappa shape index (κ3) is 6.80. The zero-order chi connectivity index (χ0) is 18.9. The topological polar surface area (TPSA) is 59.7 Å². The van der Waals surface area contributed by atoms with Gasteiger partial charge in [-0.05, 0) is 69.6 Å². The molecular formula is C22H33N3O2. The van der Waals surface area contributed by atoms with Crippen LogP contribution < -0.4 is 4.74 Å². The molecule has 5 nitrogen and oxygen atoms in total. The van der Waals surface area contributed by atoms with Crippen LogP contribution in [0.1, 0.15) is 44.1 Å². The number of hydrogen-bond donors (Lipinski definition) is 1. The van der Waals surface area contributed by atoms with E-state index in [0.717, 1.165) is 51.3 Å². The lowest BCUT2D eigenvalue weighted by molar-refractivity contribution is 0.0693. The first-order valence-corrected chi connectivity index (χ1v) is 10.5. The van der Waals surface area contributed by atoms with Crippen LogP contribution in [-0.4, -0.2) is 60.3 Å². The molecule has 1 atom stereocenters. The standard InChI is InChI=1S/C22H33N3O2/c23-15-19-8-12-25(13-9-19)16-20-6-5-7-22(14-20)27-18-21(26)17-24-10-3-1-2-4-11-24/h5-7,14,19,21,26H,1-4,8-13,16-18H2. The van der Waals surface area contributed by atoms with Crippen LogP contribution in [0.4, 0.5) is 0 Å². The monoisotopic (exact) mass is 371 g/mol. The quantitative estimate of drug-likeness (QED) is 0.798. The molecule has 0 spiro atoms. The van der Waals surface area contributed by atoms with Gasteiger partial charge in [-0.2, -0.15) is 5.26 Å². The first-order valence-electron chi connectivity index (χ1n) is 10.5. The summed E-state index contributed by atoms with van der Waals surface area (Å²) in [6.45, 7) is 6.09. The maximum absolute atomic E-state index is 10.3. The van der Waals surface area contributed by atoms with E-state index in [1.165, 1.54) is 31.2 Å². The largest absolute Gasteiger partial charge is 0.491 e. The van der Waals surface area contributed by atoms with Crippen molar-refractivity contribution in [3.63, 3.8) is 0 Å². The lowest BCUT2D eigenvalue weighted by Crippen LogP contribution is -2.36. The fourth-order valence-corrected chi connectivity index (χ4v) is 4.07. The molecule has 5 heteroatoms. The van der Waals surface area contributed by atoms with Gasteiger partial charge in [-0.15, -0.1) is 0 Å². The summed E-state index contributed by atoms with van der Waals surface area (Å²) in [5, 5.41) is 19.3. The van der Waals surface area contributed by atoms with Crippen molar-refractivity contribution < 1.29 is 9.84 Å². The van der Waals surface area contributed by atoms with Gasteiger partial charge < -0.3 is 14.7 Å². The smallest absolute Gasteiger partial charge is 0.119 e. The molecule has 0 radical (unpaired) electrons. The molecule has 1 aromatic carbocycles. The minimum Gasteiger partial charge on any atom is -0.491 e.